The summed E-state index contributed by atoms with van der Waals surface area (Å²) in [5.41, 5.74) is 4.11. The Kier molecular flexibility index (Phi) is 2.88. The van der Waals surface area contributed by atoms with Crippen molar-refractivity contribution >= 4 is 33.2 Å². The Morgan fingerprint density at radius 1 is 1.17 bits per heavy atom. The molecule has 0 aliphatic rings. The number of benzene rings is 1. The third kappa shape index (κ3) is 1.84. The topological polar surface area (TPSA) is 17.3 Å². The number of pyridine rings is 1. The van der Waals surface area contributed by atoms with Gasteiger partial charge in [-0.2, -0.15) is 0 Å². The zero-order chi connectivity index (χ0) is 12.7. The fourth-order valence-corrected chi connectivity index (χ4v) is 2.59. The van der Waals surface area contributed by atoms with Crippen molar-refractivity contribution in [2.24, 2.45) is 0 Å². The van der Waals surface area contributed by atoms with Crippen LogP contribution in [-0.2, 0) is 0 Å². The van der Waals surface area contributed by atoms with Gasteiger partial charge in [-0.1, -0.05) is 23.7 Å². The standard InChI is InChI=1S/C14H10BrClN2/c1-9-13(10-4-6-11(16)7-5-10)17-14-12(15)3-2-8-18(9)14/h2-8H,1H3. The third-order valence-electron chi connectivity index (χ3n) is 2.96. The molecule has 0 amide bonds. The molecule has 0 aliphatic heterocycles. The summed E-state index contributed by atoms with van der Waals surface area (Å²) in [7, 11) is 0. The van der Waals surface area contributed by atoms with Gasteiger partial charge >= 0.3 is 0 Å². The zero-order valence-corrected chi connectivity index (χ0v) is 12.0. The van der Waals surface area contributed by atoms with Crippen molar-refractivity contribution in [2.75, 3.05) is 0 Å². The van der Waals surface area contributed by atoms with Crippen LogP contribution in [0.1, 0.15) is 5.69 Å². The fourth-order valence-electron chi connectivity index (χ4n) is 2.03. The van der Waals surface area contributed by atoms with Crippen LogP contribution in [0.25, 0.3) is 16.9 Å². The Balaban J connectivity index is 2.27. The van der Waals surface area contributed by atoms with Crippen LogP contribution in [0.15, 0.2) is 47.1 Å². The summed E-state index contributed by atoms with van der Waals surface area (Å²) in [6, 6.07) is 11.7. The summed E-state index contributed by atoms with van der Waals surface area (Å²) in [6.07, 6.45) is 2.02. The highest BCUT2D eigenvalue weighted by molar-refractivity contribution is 9.10. The van der Waals surface area contributed by atoms with Crippen molar-refractivity contribution in [3.63, 3.8) is 0 Å². The second kappa shape index (κ2) is 4.41. The van der Waals surface area contributed by atoms with Gasteiger partial charge in [-0.15, -0.1) is 0 Å². The molecule has 90 valence electrons. The van der Waals surface area contributed by atoms with Crippen molar-refractivity contribution in [1.82, 2.24) is 9.38 Å². The number of fused-ring (bicyclic) bond motifs is 1. The van der Waals surface area contributed by atoms with Crippen molar-refractivity contribution in [3.05, 3.63) is 57.8 Å². The molecule has 0 spiro atoms. The molecule has 2 aromatic heterocycles. The molecule has 2 nitrogen and oxygen atoms in total. The summed E-state index contributed by atoms with van der Waals surface area (Å²) in [4.78, 5) is 4.68. The Morgan fingerprint density at radius 2 is 1.89 bits per heavy atom. The van der Waals surface area contributed by atoms with Crippen LogP contribution in [0.3, 0.4) is 0 Å². The molecule has 1 aromatic carbocycles. The fraction of sp³-hybridized carbons (Fsp3) is 0.0714. The largest absolute Gasteiger partial charge is 0.303 e. The number of hydrogen-bond acceptors (Lipinski definition) is 1. The van der Waals surface area contributed by atoms with E-state index < -0.39 is 0 Å². The summed E-state index contributed by atoms with van der Waals surface area (Å²) < 4.78 is 3.07. The van der Waals surface area contributed by atoms with Crippen LogP contribution in [0, 0.1) is 6.92 Å². The first-order valence-corrected chi connectivity index (χ1v) is 6.73. The molecule has 0 N–H and O–H groups in total. The van der Waals surface area contributed by atoms with E-state index in [2.05, 4.69) is 32.2 Å². The molecule has 2 heterocycles. The van der Waals surface area contributed by atoms with Crippen LogP contribution in [0.5, 0.6) is 0 Å². The molecule has 4 heteroatoms. The van der Waals surface area contributed by atoms with Gasteiger partial charge in [0.1, 0.15) is 0 Å². The predicted molar refractivity (Wildman–Crippen MR) is 78.1 cm³/mol. The van der Waals surface area contributed by atoms with E-state index in [1.807, 2.05) is 42.6 Å². The van der Waals surface area contributed by atoms with Crippen LogP contribution in [0.4, 0.5) is 0 Å². The maximum absolute atomic E-state index is 5.91. The van der Waals surface area contributed by atoms with E-state index in [-0.39, 0.29) is 0 Å². The van der Waals surface area contributed by atoms with Gasteiger partial charge in [-0.25, -0.2) is 4.98 Å². The van der Waals surface area contributed by atoms with Crippen molar-refractivity contribution < 1.29 is 0 Å². The molecule has 3 aromatic rings. The van der Waals surface area contributed by atoms with Gasteiger partial charge in [0.25, 0.3) is 0 Å². The van der Waals surface area contributed by atoms with E-state index in [0.717, 1.165) is 32.1 Å². The lowest BCUT2D eigenvalue weighted by molar-refractivity contribution is 1.11. The normalized spacial score (nSPS) is 11.1. The molecule has 0 fully saturated rings. The quantitative estimate of drug-likeness (QED) is 0.633. The first-order valence-electron chi connectivity index (χ1n) is 5.56. The van der Waals surface area contributed by atoms with Gasteiger partial charge in [-0.05, 0) is 47.1 Å². The lowest BCUT2D eigenvalue weighted by Gasteiger charge is -1.99. The number of rotatable bonds is 1. The predicted octanol–water partition coefficient (Wildman–Crippen LogP) is 4.73. The maximum atomic E-state index is 5.91. The highest BCUT2D eigenvalue weighted by atomic mass is 79.9. The second-order valence-electron chi connectivity index (χ2n) is 4.10. The first-order chi connectivity index (χ1) is 8.66. The first kappa shape index (κ1) is 11.8. The molecular weight excluding hydrogens is 312 g/mol. The molecule has 18 heavy (non-hydrogen) atoms. The third-order valence-corrected chi connectivity index (χ3v) is 3.83. The van der Waals surface area contributed by atoms with E-state index in [4.69, 9.17) is 11.6 Å². The number of halogens is 2. The number of aryl methyl sites for hydroxylation is 1. The summed E-state index contributed by atoms with van der Waals surface area (Å²) in [5, 5.41) is 0.737. The smallest absolute Gasteiger partial charge is 0.152 e. The van der Waals surface area contributed by atoms with E-state index in [1.54, 1.807) is 0 Å². The Hall–Kier alpha value is -1.32. The van der Waals surface area contributed by atoms with Gasteiger partial charge < -0.3 is 4.40 Å². The van der Waals surface area contributed by atoms with Gasteiger partial charge in [-0.3, -0.25) is 0 Å². The molecule has 3 rings (SSSR count). The minimum atomic E-state index is 0.737. The van der Waals surface area contributed by atoms with Crippen LogP contribution in [-0.4, -0.2) is 9.38 Å². The molecular formula is C14H10BrClN2. The minimum Gasteiger partial charge on any atom is -0.303 e. The zero-order valence-electron chi connectivity index (χ0n) is 9.69. The number of nitrogens with zero attached hydrogens (tertiary/aromatic N) is 2. The maximum Gasteiger partial charge on any atom is 0.152 e. The summed E-state index contributed by atoms with van der Waals surface area (Å²) in [6.45, 7) is 2.07. The van der Waals surface area contributed by atoms with E-state index >= 15 is 0 Å². The summed E-state index contributed by atoms with van der Waals surface area (Å²) in [5.74, 6) is 0. The van der Waals surface area contributed by atoms with Gasteiger partial charge in [0.15, 0.2) is 5.65 Å². The average Bonchev–Trinajstić information content (AvgIpc) is 2.70. The Bertz CT molecular complexity index is 716. The number of hydrogen-bond donors (Lipinski definition) is 0. The molecule has 0 saturated carbocycles. The molecule has 0 unspecified atom stereocenters. The molecule has 0 radical (unpaired) electrons. The van der Waals surface area contributed by atoms with Crippen molar-refractivity contribution in [3.8, 4) is 11.3 Å². The lowest BCUT2D eigenvalue weighted by Crippen LogP contribution is -1.87. The van der Waals surface area contributed by atoms with Crippen LogP contribution >= 0.6 is 27.5 Å². The van der Waals surface area contributed by atoms with Crippen LogP contribution < -0.4 is 0 Å². The van der Waals surface area contributed by atoms with Gasteiger partial charge in [0.2, 0.25) is 0 Å². The molecule has 0 saturated heterocycles. The lowest BCUT2D eigenvalue weighted by atomic mass is 10.1. The van der Waals surface area contributed by atoms with Crippen molar-refractivity contribution in [1.29, 1.82) is 0 Å². The molecule has 0 bridgehead atoms. The number of imidazole rings is 1. The second-order valence-corrected chi connectivity index (χ2v) is 5.39. The van der Waals surface area contributed by atoms with E-state index in [0.29, 0.717) is 0 Å². The molecule has 0 atom stereocenters. The molecule has 0 aliphatic carbocycles. The number of aromatic nitrogens is 2. The summed E-state index contributed by atoms with van der Waals surface area (Å²) >= 11 is 9.43. The van der Waals surface area contributed by atoms with Crippen LogP contribution in [0.2, 0.25) is 5.02 Å². The van der Waals surface area contributed by atoms with Gasteiger partial charge in [0.05, 0.1) is 10.2 Å². The Labute approximate surface area is 118 Å². The SMILES string of the molecule is Cc1c(-c2ccc(Cl)cc2)nc2c(Br)cccn12. The van der Waals surface area contributed by atoms with Crippen molar-refractivity contribution in [2.45, 2.75) is 6.92 Å². The highest BCUT2D eigenvalue weighted by Crippen LogP contribution is 2.27. The monoisotopic (exact) mass is 320 g/mol. The van der Waals surface area contributed by atoms with E-state index in [1.165, 1.54) is 0 Å². The average molecular weight is 322 g/mol. The van der Waals surface area contributed by atoms with E-state index in [9.17, 15) is 0 Å². The highest BCUT2D eigenvalue weighted by Gasteiger charge is 2.11. The Morgan fingerprint density at radius 3 is 2.56 bits per heavy atom. The van der Waals surface area contributed by atoms with Gasteiger partial charge in [0, 0.05) is 22.5 Å². The minimum absolute atomic E-state index is 0.737.